The SMILES string of the molecule is CS(=O)(=O)C1(/C(N)=N/O)CCCCC1. The Bertz CT molecular complexity index is 328. The van der Waals surface area contributed by atoms with Crippen molar-refractivity contribution >= 4 is 15.7 Å². The van der Waals surface area contributed by atoms with Crippen LogP contribution in [0.3, 0.4) is 0 Å². The molecule has 1 rings (SSSR count). The van der Waals surface area contributed by atoms with Crippen LogP contribution in [0.25, 0.3) is 0 Å². The Morgan fingerprint density at radius 3 is 2.21 bits per heavy atom. The van der Waals surface area contributed by atoms with E-state index in [-0.39, 0.29) is 5.84 Å². The highest BCUT2D eigenvalue weighted by Crippen LogP contribution is 2.34. The number of rotatable bonds is 2. The van der Waals surface area contributed by atoms with Crippen molar-refractivity contribution in [3.63, 3.8) is 0 Å². The number of sulfone groups is 1. The summed E-state index contributed by atoms with van der Waals surface area (Å²) >= 11 is 0. The third kappa shape index (κ3) is 1.70. The Balaban J connectivity index is 3.14. The summed E-state index contributed by atoms with van der Waals surface area (Å²) in [4.78, 5) is 0. The second-order valence-electron chi connectivity index (χ2n) is 3.81. The maximum Gasteiger partial charge on any atom is 0.160 e. The first-order chi connectivity index (χ1) is 6.44. The highest BCUT2D eigenvalue weighted by atomic mass is 32.2. The van der Waals surface area contributed by atoms with Gasteiger partial charge in [-0.05, 0) is 12.8 Å². The number of hydrogen-bond donors (Lipinski definition) is 2. The minimum Gasteiger partial charge on any atom is -0.409 e. The molecule has 14 heavy (non-hydrogen) atoms. The molecule has 3 N–H and O–H groups in total. The summed E-state index contributed by atoms with van der Waals surface area (Å²) in [5.41, 5.74) is 5.49. The zero-order valence-corrected chi connectivity index (χ0v) is 9.05. The van der Waals surface area contributed by atoms with Crippen LogP contribution < -0.4 is 5.73 Å². The number of nitrogens with two attached hydrogens (primary N) is 1. The predicted molar refractivity (Wildman–Crippen MR) is 54.1 cm³/mol. The molecule has 1 saturated carbocycles. The third-order valence-electron chi connectivity index (χ3n) is 2.95. The van der Waals surface area contributed by atoms with Crippen molar-refractivity contribution < 1.29 is 13.6 Å². The highest BCUT2D eigenvalue weighted by molar-refractivity contribution is 7.92. The van der Waals surface area contributed by atoms with Crippen LogP contribution in [0.1, 0.15) is 32.1 Å². The standard InChI is InChI=1S/C8H16N2O3S/c1-14(12,13)8(7(9)10-11)5-3-2-4-6-8/h11H,2-6H2,1H3,(H2,9,10). The Morgan fingerprint density at radius 2 is 1.86 bits per heavy atom. The molecular formula is C8H16N2O3S. The monoisotopic (exact) mass is 220 g/mol. The number of hydrogen-bond acceptors (Lipinski definition) is 4. The van der Waals surface area contributed by atoms with E-state index in [0.29, 0.717) is 12.8 Å². The van der Waals surface area contributed by atoms with E-state index in [0.717, 1.165) is 25.5 Å². The van der Waals surface area contributed by atoms with Crippen LogP contribution in [0, 0.1) is 0 Å². The van der Waals surface area contributed by atoms with Gasteiger partial charge >= 0.3 is 0 Å². The molecule has 0 saturated heterocycles. The summed E-state index contributed by atoms with van der Waals surface area (Å²) in [6.45, 7) is 0. The van der Waals surface area contributed by atoms with Crippen molar-refractivity contribution in [3.05, 3.63) is 0 Å². The van der Waals surface area contributed by atoms with E-state index in [9.17, 15) is 8.42 Å². The molecule has 0 spiro atoms. The lowest BCUT2D eigenvalue weighted by Crippen LogP contribution is -2.51. The molecule has 1 aliphatic rings. The van der Waals surface area contributed by atoms with Crippen molar-refractivity contribution in [1.29, 1.82) is 0 Å². The van der Waals surface area contributed by atoms with Gasteiger partial charge in [-0.1, -0.05) is 24.4 Å². The average molecular weight is 220 g/mol. The number of amidine groups is 1. The van der Waals surface area contributed by atoms with Gasteiger partial charge in [-0.15, -0.1) is 0 Å². The van der Waals surface area contributed by atoms with Gasteiger partial charge in [-0.2, -0.15) is 0 Å². The molecule has 0 heterocycles. The topological polar surface area (TPSA) is 92.8 Å². The molecule has 0 aromatic carbocycles. The van der Waals surface area contributed by atoms with Crippen molar-refractivity contribution in [2.45, 2.75) is 36.9 Å². The van der Waals surface area contributed by atoms with Crippen molar-refractivity contribution in [2.24, 2.45) is 10.9 Å². The van der Waals surface area contributed by atoms with Gasteiger partial charge in [-0.25, -0.2) is 8.42 Å². The quantitative estimate of drug-likeness (QED) is 0.306. The summed E-state index contributed by atoms with van der Waals surface area (Å²) in [7, 11) is -3.31. The van der Waals surface area contributed by atoms with Crippen LogP contribution in [0.4, 0.5) is 0 Å². The van der Waals surface area contributed by atoms with E-state index in [1.807, 2.05) is 0 Å². The zero-order valence-electron chi connectivity index (χ0n) is 8.23. The maximum absolute atomic E-state index is 11.6. The lowest BCUT2D eigenvalue weighted by Gasteiger charge is -2.33. The molecule has 0 aromatic rings. The molecule has 82 valence electrons. The lowest BCUT2D eigenvalue weighted by atomic mass is 9.87. The lowest BCUT2D eigenvalue weighted by molar-refractivity contribution is 0.310. The van der Waals surface area contributed by atoms with Gasteiger partial charge in [0.1, 0.15) is 4.75 Å². The zero-order chi connectivity index (χ0) is 10.8. The molecule has 0 atom stereocenters. The first kappa shape index (κ1) is 11.3. The highest BCUT2D eigenvalue weighted by Gasteiger charge is 2.45. The summed E-state index contributed by atoms with van der Waals surface area (Å²) in [5, 5.41) is 11.5. The molecule has 0 unspecified atom stereocenters. The second kappa shape index (κ2) is 3.76. The van der Waals surface area contributed by atoms with Crippen LogP contribution in [-0.2, 0) is 9.84 Å². The average Bonchev–Trinajstić information content (AvgIpc) is 2.16. The largest absolute Gasteiger partial charge is 0.409 e. The fourth-order valence-corrected chi connectivity index (χ4v) is 3.48. The van der Waals surface area contributed by atoms with Gasteiger partial charge in [-0.3, -0.25) is 0 Å². The Morgan fingerprint density at radius 1 is 1.36 bits per heavy atom. The molecule has 0 radical (unpaired) electrons. The van der Waals surface area contributed by atoms with Gasteiger partial charge in [0.15, 0.2) is 15.7 Å². The second-order valence-corrected chi connectivity index (χ2v) is 6.14. The Labute approximate surface area is 83.9 Å². The van der Waals surface area contributed by atoms with E-state index in [4.69, 9.17) is 10.9 Å². The molecule has 0 aromatic heterocycles. The number of nitrogens with zero attached hydrogens (tertiary/aromatic N) is 1. The molecule has 5 nitrogen and oxygen atoms in total. The first-order valence-corrected chi connectivity index (χ1v) is 6.51. The Hall–Kier alpha value is -0.780. The number of oxime groups is 1. The van der Waals surface area contributed by atoms with Crippen LogP contribution in [0.5, 0.6) is 0 Å². The van der Waals surface area contributed by atoms with E-state index >= 15 is 0 Å². The minimum absolute atomic E-state index is 0.167. The van der Waals surface area contributed by atoms with Gasteiger partial charge < -0.3 is 10.9 Å². The van der Waals surface area contributed by atoms with Gasteiger partial charge in [0.25, 0.3) is 0 Å². The normalized spacial score (nSPS) is 23.4. The molecule has 0 bridgehead atoms. The predicted octanol–water partition coefficient (Wildman–Crippen LogP) is 0.480. The van der Waals surface area contributed by atoms with Gasteiger partial charge in [0.05, 0.1) is 0 Å². The summed E-state index contributed by atoms with van der Waals surface area (Å²) in [6.07, 6.45) is 4.70. The van der Waals surface area contributed by atoms with Crippen LogP contribution in [0.2, 0.25) is 0 Å². The van der Waals surface area contributed by atoms with Gasteiger partial charge in [0, 0.05) is 6.26 Å². The summed E-state index contributed by atoms with van der Waals surface area (Å²) in [6, 6.07) is 0. The smallest absolute Gasteiger partial charge is 0.160 e. The van der Waals surface area contributed by atoms with E-state index < -0.39 is 14.6 Å². The van der Waals surface area contributed by atoms with E-state index in [1.54, 1.807) is 0 Å². The van der Waals surface area contributed by atoms with Crippen LogP contribution in [-0.4, -0.2) is 30.5 Å². The van der Waals surface area contributed by atoms with Crippen molar-refractivity contribution in [3.8, 4) is 0 Å². The van der Waals surface area contributed by atoms with E-state index in [1.165, 1.54) is 0 Å². The molecule has 1 fully saturated rings. The summed E-state index contributed by atoms with van der Waals surface area (Å²) < 4.78 is 22.1. The van der Waals surface area contributed by atoms with E-state index in [2.05, 4.69) is 5.16 Å². The summed E-state index contributed by atoms with van der Waals surface area (Å²) in [5.74, 6) is -0.167. The van der Waals surface area contributed by atoms with Crippen LogP contribution >= 0.6 is 0 Å². The Kier molecular flexibility index (Phi) is 3.04. The molecule has 0 aliphatic heterocycles. The molecule has 1 aliphatic carbocycles. The third-order valence-corrected chi connectivity index (χ3v) is 4.98. The molecule has 0 amide bonds. The van der Waals surface area contributed by atoms with Crippen LogP contribution in [0.15, 0.2) is 5.16 Å². The fraction of sp³-hybridized carbons (Fsp3) is 0.875. The molecular weight excluding hydrogens is 204 g/mol. The maximum atomic E-state index is 11.6. The first-order valence-electron chi connectivity index (χ1n) is 4.62. The van der Waals surface area contributed by atoms with Gasteiger partial charge in [0.2, 0.25) is 0 Å². The molecule has 6 heteroatoms. The minimum atomic E-state index is -3.31. The fourth-order valence-electron chi connectivity index (χ4n) is 2.03. The van der Waals surface area contributed by atoms with Crippen molar-refractivity contribution in [2.75, 3.05) is 6.26 Å². The van der Waals surface area contributed by atoms with Crippen molar-refractivity contribution in [1.82, 2.24) is 0 Å².